The fraction of sp³-hybridized carbons (Fsp3) is 1.00. The number of alkyl halides is 2. The Kier molecular flexibility index (Phi) is 5.49. The minimum atomic E-state index is -1.89. The van der Waals surface area contributed by atoms with Crippen molar-refractivity contribution in [2.24, 2.45) is 0 Å². The molecule has 0 saturated carbocycles. The molecule has 11 heavy (non-hydrogen) atoms. The maximum absolute atomic E-state index is 6.01. The molecule has 0 fully saturated rings. The third-order valence-electron chi connectivity index (χ3n) is 2.80. The van der Waals surface area contributed by atoms with E-state index >= 15 is 0 Å². The maximum atomic E-state index is 6.01. The molecule has 0 amide bonds. The molecule has 3 heteroatoms. The zero-order valence-corrected chi connectivity index (χ0v) is 11.4. The molecular formula is C8H18Cl2Ge. The van der Waals surface area contributed by atoms with Crippen molar-refractivity contribution < 1.29 is 0 Å². The van der Waals surface area contributed by atoms with Crippen molar-refractivity contribution in [1.29, 1.82) is 0 Å². The molecule has 0 unspecified atom stereocenters. The van der Waals surface area contributed by atoms with Crippen LogP contribution in [0.4, 0.5) is 0 Å². The summed E-state index contributed by atoms with van der Waals surface area (Å²) in [5.74, 6) is 0. The Labute approximate surface area is 83.0 Å². The predicted molar refractivity (Wildman–Crippen MR) is 57.4 cm³/mol. The van der Waals surface area contributed by atoms with E-state index in [4.69, 9.17) is 23.2 Å². The van der Waals surface area contributed by atoms with Gasteiger partial charge in [0.05, 0.1) is 0 Å². The van der Waals surface area contributed by atoms with Crippen LogP contribution in [0.1, 0.15) is 27.7 Å². The zero-order chi connectivity index (χ0) is 9.07. The van der Waals surface area contributed by atoms with Gasteiger partial charge in [-0.25, -0.2) is 0 Å². The first-order chi connectivity index (χ1) is 5.01. The summed E-state index contributed by atoms with van der Waals surface area (Å²) >= 11 is 10.1. The Morgan fingerprint density at radius 2 is 1.18 bits per heavy atom. The SMILES string of the molecule is C[CH](C)[Ge]([CH2]Cl)([CH2]Cl)[CH](C)C. The van der Waals surface area contributed by atoms with Gasteiger partial charge in [0.15, 0.2) is 0 Å². The number of hydrogen-bond donors (Lipinski definition) is 0. The summed E-state index contributed by atoms with van der Waals surface area (Å²) in [4.78, 5) is 0. The van der Waals surface area contributed by atoms with Gasteiger partial charge in [0.1, 0.15) is 0 Å². The van der Waals surface area contributed by atoms with Crippen LogP contribution in [0.3, 0.4) is 0 Å². The van der Waals surface area contributed by atoms with E-state index < -0.39 is 13.3 Å². The van der Waals surface area contributed by atoms with Gasteiger partial charge >= 0.3 is 83.1 Å². The van der Waals surface area contributed by atoms with Gasteiger partial charge < -0.3 is 0 Å². The summed E-state index contributed by atoms with van der Waals surface area (Å²) in [5.41, 5.74) is 0. The van der Waals surface area contributed by atoms with Crippen molar-refractivity contribution >= 4 is 36.5 Å². The summed E-state index contributed by atoms with van der Waals surface area (Å²) in [6.45, 7) is 9.07. The summed E-state index contributed by atoms with van der Waals surface area (Å²) in [6.07, 6.45) is 0. The molecule has 68 valence electrons. The van der Waals surface area contributed by atoms with Crippen LogP contribution in [0.15, 0.2) is 0 Å². The monoisotopic (exact) mass is 258 g/mol. The Morgan fingerprint density at radius 1 is 0.909 bits per heavy atom. The van der Waals surface area contributed by atoms with Crippen molar-refractivity contribution in [2.75, 3.05) is 9.42 Å². The third kappa shape index (κ3) is 2.53. The second-order valence-electron chi connectivity index (χ2n) is 3.81. The molecule has 0 aromatic rings. The molecule has 0 rings (SSSR count). The van der Waals surface area contributed by atoms with Crippen molar-refractivity contribution in [1.82, 2.24) is 0 Å². The molecule has 0 aliphatic heterocycles. The zero-order valence-electron chi connectivity index (χ0n) is 7.82. The second-order valence-corrected chi connectivity index (χ2v) is 17.7. The van der Waals surface area contributed by atoms with E-state index in [0.717, 1.165) is 18.9 Å². The number of rotatable bonds is 4. The molecule has 0 nitrogen and oxygen atoms in total. The fourth-order valence-corrected chi connectivity index (χ4v) is 14.8. The molecular weight excluding hydrogens is 240 g/mol. The summed E-state index contributed by atoms with van der Waals surface area (Å²) < 4.78 is 3.17. The van der Waals surface area contributed by atoms with Crippen LogP contribution in [0.2, 0.25) is 9.50 Å². The van der Waals surface area contributed by atoms with Gasteiger partial charge in [-0.15, -0.1) is 0 Å². The van der Waals surface area contributed by atoms with E-state index in [2.05, 4.69) is 27.7 Å². The van der Waals surface area contributed by atoms with Crippen molar-refractivity contribution in [2.45, 2.75) is 37.2 Å². The molecule has 0 aromatic heterocycles. The fourth-order valence-electron chi connectivity index (χ4n) is 1.32. The van der Waals surface area contributed by atoms with Crippen LogP contribution in [0, 0.1) is 0 Å². The van der Waals surface area contributed by atoms with Crippen LogP contribution in [0.5, 0.6) is 0 Å². The first-order valence-corrected chi connectivity index (χ1v) is 10.6. The topological polar surface area (TPSA) is 0 Å². The molecule has 0 radical (unpaired) electrons. The average molecular weight is 258 g/mol. The summed E-state index contributed by atoms with van der Waals surface area (Å²) in [6, 6.07) is 0. The Morgan fingerprint density at radius 3 is 1.18 bits per heavy atom. The van der Waals surface area contributed by atoms with Crippen LogP contribution in [-0.4, -0.2) is 22.7 Å². The summed E-state index contributed by atoms with van der Waals surface area (Å²) in [7, 11) is 0. The molecule has 0 N–H and O–H groups in total. The quantitative estimate of drug-likeness (QED) is 0.531. The second kappa shape index (κ2) is 4.98. The van der Waals surface area contributed by atoms with Crippen molar-refractivity contribution in [3.63, 3.8) is 0 Å². The molecule has 0 spiro atoms. The van der Waals surface area contributed by atoms with Crippen LogP contribution in [-0.2, 0) is 0 Å². The Balaban J connectivity index is 4.46. The van der Waals surface area contributed by atoms with E-state index in [-0.39, 0.29) is 0 Å². The van der Waals surface area contributed by atoms with Gasteiger partial charge in [0, 0.05) is 0 Å². The summed E-state index contributed by atoms with van der Waals surface area (Å²) in [5, 5.41) is 0. The molecule has 0 heterocycles. The first-order valence-electron chi connectivity index (χ1n) is 4.13. The van der Waals surface area contributed by atoms with E-state index in [1.807, 2.05) is 0 Å². The van der Waals surface area contributed by atoms with Gasteiger partial charge in [-0.05, 0) is 0 Å². The standard InChI is InChI=1S/C8H18Cl2Ge/c1-7(2)11(5-9,6-10)8(3)4/h7-8H,5-6H2,1-4H3. The van der Waals surface area contributed by atoms with Crippen molar-refractivity contribution in [3.8, 4) is 0 Å². The minimum absolute atomic E-state index is 0.741. The molecule has 0 saturated heterocycles. The van der Waals surface area contributed by atoms with E-state index in [0.29, 0.717) is 0 Å². The van der Waals surface area contributed by atoms with Gasteiger partial charge in [0.2, 0.25) is 0 Å². The average Bonchev–Trinajstić information content (AvgIpc) is 1.90. The molecule has 0 aliphatic rings. The van der Waals surface area contributed by atoms with E-state index in [1.54, 1.807) is 0 Å². The normalized spacial score (nSPS) is 13.1. The van der Waals surface area contributed by atoms with Gasteiger partial charge in [0.25, 0.3) is 0 Å². The van der Waals surface area contributed by atoms with Crippen LogP contribution >= 0.6 is 23.2 Å². The first kappa shape index (κ1) is 12.1. The van der Waals surface area contributed by atoms with Crippen LogP contribution < -0.4 is 0 Å². The van der Waals surface area contributed by atoms with Crippen molar-refractivity contribution in [3.05, 3.63) is 0 Å². The molecule has 0 atom stereocenters. The molecule has 0 aromatic carbocycles. The molecule has 0 bridgehead atoms. The van der Waals surface area contributed by atoms with Gasteiger partial charge in [-0.2, -0.15) is 0 Å². The Hall–Kier alpha value is 1.12. The van der Waals surface area contributed by atoms with Crippen LogP contribution in [0.25, 0.3) is 0 Å². The van der Waals surface area contributed by atoms with E-state index in [9.17, 15) is 0 Å². The number of halogens is 2. The number of hydrogen-bond acceptors (Lipinski definition) is 0. The Bertz CT molecular complexity index is 98.7. The van der Waals surface area contributed by atoms with Gasteiger partial charge in [-0.1, -0.05) is 0 Å². The molecule has 0 aliphatic carbocycles. The van der Waals surface area contributed by atoms with Gasteiger partial charge in [-0.3, -0.25) is 0 Å². The third-order valence-corrected chi connectivity index (χ3v) is 19.7. The predicted octanol–water partition coefficient (Wildman–Crippen LogP) is 3.81. The van der Waals surface area contributed by atoms with E-state index in [1.165, 1.54) is 0 Å².